The van der Waals surface area contributed by atoms with Gasteiger partial charge >= 0.3 is 6.09 Å². The van der Waals surface area contributed by atoms with Crippen molar-refractivity contribution in [3.8, 4) is 0 Å². The highest BCUT2D eigenvalue weighted by Crippen LogP contribution is 2.33. The Morgan fingerprint density at radius 2 is 2.04 bits per heavy atom. The van der Waals surface area contributed by atoms with Crippen LogP contribution >= 0.6 is 11.3 Å². The Bertz CT molecular complexity index is 822. The summed E-state index contributed by atoms with van der Waals surface area (Å²) in [5.74, 6) is -0.0258. The standard InChI is InChI=1S/C20H24N2O3S/c1-13-16-9-11-26-17(16)8-10-22(13)18(23)14-6-5-7-15(12-14)21-19(24)25-20(2,3)4/h5-7,9,11-13H,8,10H2,1-4H3,(H,21,24)/t13-/m1/s1. The third-order valence-electron chi connectivity index (χ3n) is 4.29. The number of carbonyl (C=O) groups is 2. The summed E-state index contributed by atoms with van der Waals surface area (Å²) in [6.45, 7) is 8.19. The van der Waals surface area contributed by atoms with Gasteiger partial charge in [0.2, 0.25) is 0 Å². The van der Waals surface area contributed by atoms with Crippen molar-refractivity contribution in [2.45, 2.75) is 45.8 Å². The first-order chi connectivity index (χ1) is 12.2. The Morgan fingerprint density at radius 3 is 2.77 bits per heavy atom. The van der Waals surface area contributed by atoms with Crippen LogP contribution in [0, 0.1) is 0 Å². The lowest BCUT2D eigenvalue weighted by Gasteiger charge is -2.33. The van der Waals surface area contributed by atoms with E-state index in [1.165, 1.54) is 10.4 Å². The molecule has 5 nitrogen and oxygen atoms in total. The first kappa shape index (κ1) is 18.5. The summed E-state index contributed by atoms with van der Waals surface area (Å²) in [5.41, 5.74) is 1.77. The summed E-state index contributed by atoms with van der Waals surface area (Å²) in [6.07, 6.45) is 0.357. The molecule has 0 fully saturated rings. The normalized spacial score (nSPS) is 16.8. The molecule has 1 aromatic carbocycles. The van der Waals surface area contributed by atoms with Crippen molar-refractivity contribution in [3.05, 3.63) is 51.7 Å². The van der Waals surface area contributed by atoms with Crippen molar-refractivity contribution >= 4 is 29.0 Å². The zero-order valence-corrected chi connectivity index (χ0v) is 16.4. The summed E-state index contributed by atoms with van der Waals surface area (Å²) >= 11 is 1.75. The van der Waals surface area contributed by atoms with Gasteiger partial charge in [0.1, 0.15) is 5.60 Å². The number of amides is 2. The van der Waals surface area contributed by atoms with Crippen LogP contribution in [-0.2, 0) is 11.2 Å². The number of fused-ring (bicyclic) bond motifs is 1. The fraction of sp³-hybridized carbons (Fsp3) is 0.400. The van der Waals surface area contributed by atoms with Gasteiger partial charge in [-0.15, -0.1) is 11.3 Å². The fourth-order valence-corrected chi connectivity index (χ4v) is 4.07. The van der Waals surface area contributed by atoms with E-state index in [0.29, 0.717) is 17.8 Å². The molecule has 1 atom stereocenters. The number of thiophene rings is 1. The molecule has 0 radical (unpaired) electrons. The van der Waals surface area contributed by atoms with Crippen LogP contribution in [0.1, 0.15) is 54.5 Å². The van der Waals surface area contributed by atoms with E-state index < -0.39 is 11.7 Å². The van der Waals surface area contributed by atoms with Gasteiger partial charge in [-0.1, -0.05) is 6.07 Å². The van der Waals surface area contributed by atoms with Gasteiger partial charge in [0.25, 0.3) is 5.91 Å². The molecule has 0 unspecified atom stereocenters. The molecule has 0 spiro atoms. The number of nitrogens with one attached hydrogen (secondary N) is 1. The van der Waals surface area contributed by atoms with Gasteiger partial charge in [-0.3, -0.25) is 10.1 Å². The molecule has 1 aromatic heterocycles. The zero-order chi connectivity index (χ0) is 18.9. The minimum Gasteiger partial charge on any atom is -0.444 e. The molecular formula is C20H24N2O3S. The predicted octanol–water partition coefficient (Wildman–Crippen LogP) is 4.85. The number of rotatable bonds is 2. The minimum atomic E-state index is -0.570. The molecule has 0 saturated carbocycles. The highest BCUT2D eigenvalue weighted by molar-refractivity contribution is 7.10. The van der Waals surface area contributed by atoms with Crippen LogP contribution in [0.25, 0.3) is 0 Å². The zero-order valence-electron chi connectivity index (χ0n) is 15.5. The van der Waals surface area contributed by atoms with Crippen LogP contribution in [0.15, 0.2) is 35.7 Å². The molecule has 138 valence electrons. The van der Waals surface area contributed by atoms with E-state index in [4.69, 9.17) is 4.74 Å². The molecule has 3 rings (SSSR count). The Balaban J connectivity index is 1.74. The quantitative estimate of drug-likeness (QED) is 0.819. The minimum absolute atomic E-state index is 0.0258. The molecule has 26 heavy (non-hydrogen) atoms. The average molecular weight is 372 g/mol. The van der Waals surface area contributed by atoms with Crippen LogP contribution < -0.4 is 5.32 Å². The van der Waals surface area contributed by atoms with Gasteiger partial charge in [-0.05, 0) is 69.3 Å². The summed E-state index contributed by atoms with van der Waals surface area (Å²) in [4.78, 5) is 28.2. The number of nitrogens with zero attached hydrogens (tertiary/aromatic N) is 1. The average Bonchev–Trinajstić information content (AvgIpc) is 3.02. The molecule has 2 amide bonds. The van der Waals surface area contributed by atoms with Gasteiger partial charge in [0.05, 0.1) is 6.04 Å². The second kappa shape index (κ2) is 7.11. The van der Waals surface area contributed by atoms with E-state index in [0.717, 1.165) is 6.42 Å². The topological polar surface area (TPSA) is 58.6 Å². The van der Waals surface area contributed by atoms with Crippen molar-refractivity contribution in [3.63, 3.8) is 0 Å². The summed E-state index contributed by atoms with van der Waals surface area (Å²) < 4.78 is 5.26. The van der Waals surface area contributed by atoms with E-state index in [1.807, 2.05) is 25.7 Å². The van der Waals surface area contributed by atoms with Crippen LogP contribution in [-0.4, -0.2) is 29.0 Å². The van der Waals surface area contributed by atoms with E-state index in [-0.39, 0.29) is 11.9 Å². The number of hydrogen-bond donors (Lipinski definition) is 1. The molecule has 2 aromatic rings. The van der Waals surface area contributed by atoms with E-state index in [9.17, 15) is 9.59 Å². The third kappa shape index (κ3) is 4.07. The molecule has 0 aliphatic carbocycles. The number of carbonyl (C=O) groups excluding carboxylic acids is 2. The van der Waals surface area contributed by atoms with Gasteiger partial charge in [-0.2, -0.15) is 0 Å². The maximum atomic E-state index is 13.0. The summed E-state index contributed by atoms with van der Waals surface area (Å²) in [6, 6.07) is 9.15. The highest BCUT2D eigenvalue weighted by Gasteiger charge is 2.29. The Morgan fingerprint density at radius 1 is 1.27 bits per heavy atom. The Labute approximate surface area is 158 Å². The lowest BCUT2D eigenvalue weighted by Crippen LogP contribution is -2.38. The van der Waals surface area contributed by atoms with Gasteiger partial charge in [-0.25, -0.2) is 4.79 Å². The van der Waals surface area contributed by atoms with Gasteiger partial charge in [0, 0.05) is 22.7 Å². The molecule has 0 bridgehead atoms. The summed E-state index contributed by atoms with van der Waals surface area (Å²) in [5, 5.41) is 4.77. The Kier molecular flexibility index (Phi) is 5.05. The lowest BCUT2D eigenvalue weighted by molar-refractivity contribution is 0.0632. The lowest BCUT2D eigenvalue weighted by atomic mass is 10.0. The molecule has 6 heteroatoms. The van der Waals surface area contributed by atoms with Crippen molar-refractivity contribution < 1.29 is 14.3 Å². The fourth-order valence-electron chi connectivity index (χ4n) is 3.10. The second-order valence-corrected chi connectivity index (χ2v) is 8.43. The highest BCUT2D eigenvalue weighted by atomic mass is 32.1. The van der Waals surface area contributed by atoms with E-state index >= 15 is 0 Å². The maximum absolute atomic E-state index is 13.0. The molecular weight excluding hydrogens is 348 g/mol. The van der Waals surface area contributed by atoms with Crippen LogP contribution in [0.2, 0.25) is 0 Å². The maximum Gasteiger partial charge on any atom is 0.412 e. The van der Waals surface area contributed by atoms with Crippen LogP contribution in [0.5, 0.6) is 0 Å². The number of anilines is 1. The largest absolute Gasteiger partial charge is 0.444 e. The first-order valence-electron chi connectivity index (χ1n) is 8.72. The van der Waals surface area contributed by atoms with Crippen molar-refractivity contribution in [1.82, 2.24) is 4.90 Å². The first-order valence-corrected chi connectivity index (χ1v) is 9.60. The molecule has 0 saturated heterocycles. The van der Waals surface area contributed by atoms with Crippen LogP contribution in [0.4, 0.5) is 10.5 Å². The second-order valence-electron chi connectivity index (χ2n) is 7.43. The molecule has 1 N–H and O–H groups in total. The van der Waals surface area contributed by atoms with Crippen molar-refractivity contribution in [2.24, 2.45) is 0 Å². The van der Waals surface area contributed by atoms with Crippen molar-refractivity contribution in [2.75, 3.05) is 11.9 Å². The van der Waals surface area contributed by atoms with Crippen LogP contribution in [0.3, 0.4) is 0 Å². The summed E-state index contributed by atoms with van der Waals surface area (Å²) in [7, 11) is 0. The SMILES string of the molecule is C[C@@H]1c2ccsc2CCN1C(=O)c1cccc(NC(=O)OC(C)(C)C)c1. The Hall–Kier alpha value is -2.34. The third-order valence-corrected chi connectivity index (χ3v) is 5.29. The van der Waals surface area contributed by atoms with Gasteiger partial charge in [0.15, 0.2) is 0 Å². The smallest absolute Gasteiger partial charge is 0.412 e. The molecule has 1 aliphatic rings. The van der Waals surface area contributed by atoms with Crippen molar-refractivity contribution in [1.29, 1.82) is 0 Å². The van der Waals surface area contributed by atoms with E-state index in [2.05, 4.69) is 23.7 Å². The number of ether oxygens (including phenoxy) is 1. The molecule has 1 aliphatic heterocycles. The number of benzene rings is 1. The van der Waals surface area contributed by atoms with Gasteiger partial charge < -0.3 is 9.64 Å². The monoisotopic (exact) mass is 372 g/mol. The number of hydrogen-bond acceptors (Lipinski definition) is 4. The molecule has 2 heterocycles. The van der Waals surface area contributed by atoms with E-state index in [1.54, 1.807) is 35.6 Å². The predicted molar refractivity (Wildman–Crippen MR) is 104 cm³/mol.